The minimum absolute atomic E-state index is 0.0649. The summed E-state index contributed by atoms with van der Waals surface area (Å²) in [5.41, 5.74) is 2.90. The van der Waals surface area contributed by atoms with Crippen molar-refractivity contribution in [1.82, 2.24) is 25.5 Å². The first kappa shape index (κ1) is 13.2. The van der Waals surface area contributed by atoms with E-state index in [1.807, 2.05) is 4.68 Å². The molecular weight excluding hydrogens is 250 g/mol. The van der Waals surface area contributed by atoms with Gasteiger partial charge in [-0.3, -0.25) is 0 Å². The number of aromatic nitrogens is 4. The zero-order valence-electron chi connectivity index (χ0n) is 12.3. The molecule has 0 atom stereocenters. The van der Waals surface area contributed by atoms with Crippen LogP contribution in [0, 0.1) is 0 Å². The van der Waals surface area contributed by atoms with Crippen molar-refractivity contribution in [3.8, 4) is 0 Å². The third-order valence-corrected chi connectivity index (χ3v) is 3.71. The zero-order chi connectivity index (χ0) is 14.2. The number of nitrogens with one attached hydrogen (secondary N) is 1. The van der Waals surface area contributed by atoms with E-state index in [0.29, 0.717) is 12.6 Å². The van der Waals surface area contributed by atoms with Crippen LogP contribution in [0.3, 0.4) is 0 Å². The lowest BCUT2D eigenvalue weighted by Crippen LogP contribution is -2.36. The number of hydrogen-bond acceptors (Lipinski definition) is 4. The molecule has 0 aliphatic heterocycles. The van der Waals surface area contributed by atoms with E-state index in [1.54, 1.807) is 0 Å². The highest BCUT2D eigenvalue weighted by atomic mass is 15.6. The molecular formula is C15H21N5. The second-order valence-electron chi connectivity index (χ2n) is 6.47. The molecule has 1 aliphatic carbocycles. The molecule has 0 fully saturated rings. The largest absolute Gasteiger partial charge is 0.305 e. The molecule has 20 heavy (non-hydrogen) atoms. The molecule has 0 radical (unpaired) electrons. The van der Waals surface area contributed by atoms with Crippen LogP contribution in [0.1, 0.15) is 43.8 Å². The highest BCUT2D eigenvalue weighted by molar-refractivity contribution is 5.32. The van der Waals surface area contributed by atoms with Crippen molar-refractivity contribution in [2.75, 3.05) is 0 Å². The summed E-state index contributed by atoms with van der Waals surface area (Å²) in [5, 5.41) is 15.7. The van der Waals surface area contributed by atoms with Gasteiger partial charge in [0.25, 0.3) is 0 Å². The zero-order valence-corrected chi connectivity index (χ0v) is 12.3. The van der Waals surface area contributed by atoms with Crippen molar-refractivity contribution in [3.63, 3.8) is 0 Å². The Labute approximate surface area is 119 Å². The molecule has 0 amide bonds. The maximum absolute atomic E-state index is 4.20. The standard InChI is InChI=1S/C15H21N5/c1-15(2,3)16-10-14-17-18-19-20(14)13-8-11-6-4-5-7-12(11)9-13/h4-7,13,16H,8-10H2,1-3H3. The van der Waals surface area contributed by atoms with E-state index in [4.69, 9.17) is 0 Å². The molecule has 1 N–H and O–H groups in total. The van der Waals surface area contributed by atoms with Crippen LogP contribution in [-0.2, 0) is 19.4 Å². The molecule has 0 unspecified atom stereocenters. The number of fused-ring (bicyclic) bond motifs is 1. The van der Waals surface area contributed by atoms with Crippen molar-refractivity contribution < 1.29 is 0 Å². The van der Waals surface area contributed by atoms with Gasteiger partial charge in [-0.15, -0.1) is 5.10 Å². The first-order valence-corrected chi connectivity index (χ1v) is 7.11. The minimum atomic E-state index is 0.0649. The van der Waals surface area contributed by atoms with Crippen LogP contribution in [0.4, 0.5) is 0 Å². The Balaban J connectivity index is 1.75. The molecule has 2 aromatic rings. The van der Waals surface area contributed by atoms with Gasteiger partial charge in [-0.1, -0.05) is 24.3 Å². The molecule has 106 valence electrons. The molecule has 3 rings (SSSR count). The molecule has 5 nitrogen and oxygen atoms in total. The number of benzene rings is 1. The van der Waals surface area contributed by atoms with Crippen molar-refractivity contribution in [1.29, 1.82) is 0 Å². The Bertz CT molecular complexity index is 571. The molecule has 0 spiro atoms. The Morgan fingerprint density at radius 2 is 1.85 bits per heavy atom. The van der Waals surface area contributed by atoms with Gasteiger partial charge in [0.05, 0.1) is 12.6 Å². The second-order valence-corrected chi connectivity index (χ2v) is 6.47. The molecule has 1 aromatic carbocycles. The quantitative estimate of drug-likeness (QED) is 0.926. The lowest BCUT2D eigenvalue weighted by molar-refractivity contribution is 0.389. The van der Waals surface area contributed by atoms with Gasteiger partial charge in [0.1, 0.15) is 0 Å². The fourth-order valence-electron chi connectivity index (χ4n) is 2.67. The van der Waals surface area contributed by atoms with E-state index in [-0.39, 0.29) is 5.54 Å². The number of nitrogens with zero attached hydrogens (tertiary/aromatic N) is 4. The third kappa shape index (κ3) is 2.72. The van der Waals surface area contributed by atoms with Gasteiger partial charge in [-0.05, 0) is 55.2 Å². The lowest BCUT2D eigenvalue weighted by Gasteiger charge is -2.20. The molecule has 1 aromatic heterocycles. The molecule has 0 saturated heterocycles. The van der Waals surface area contributed by atoms with Crippen molar-refractivity contribution in [2.45, 2.75) is 51.7 Å². The summed E-state index contributed by atoms with van der Waals surface area (Å²) in [6.07, 6.45) is 2.04. The maximum atomic E-state index is 4.20. The Morgan fingerprint density at radius 1 is 1.20 bits per heavy atom. The van der Waals surface area contributed by atoms with Gasteiger partial charge in [0, 0.05) is 5.54 Å². The van der Waals surface area contributed by atoms with E-state index in [1.165, 1.54) is 11.1 Å². The Hall–Kier alpha value is -1.75. The van der Waals surface area contributed by atoms with Crippen LogP contribution >= 0.6 is 0 Å². The SMILES string of the molecule is CC(C)(C)NCc1nnnn1C1Cc2ccccc2C1. The van der Waals surface area contributed by atoms with Crippen LogP contribution in [0.5, 0.6) is 0 Å². The predicted octanol–water partition coefficient (Wildman–Crippen LogP) is 1.90. The predicted molar refractivity (Wildman–Crippen MR) is 77.3 cm³/mol. The molecule has 1 heterocycles. The van der Waals surface area contributed by atoms with Crippen molar-refractivity contribution >= 4 is 0 Å². The Morgan fingerprint density at radius 3 is 2.45 bits per heavy atom. The first-order valence-electron chi connectivity index (χ1n) is 7.11. The number of hydrogen-bond donors (Lipinski definition) is 1. The topological polar surface area (TPSA) is 55.6 Å². The van der Waals surface area contributed by atoms with Crippen LogP contribution in [0.15, 0.2) is 24.3 Å². The highest BCUT2D eigenvalue weighted by Gasteiger charge is 2.25. The smallest absolute Gasteiger partial charge is 0.165 e. The number of rotatable bonds is 3. The van der Waals surface area contributed by atoms with Crippen LogP contribution in [0.25, 0.3) is 0 Å². The van der Waals surface area contributed by atoms with E-state index < -0.39 is 0 Å². The van der Waals surface area contributed by atoms with E-state index in [2.05, 4.69) is 65.9 Å². The minimum Gasteiger partial charge on any atom is -0.305 e. The molecule has 5 heteroatoms. The van der Waals surface area contributed by atoms with Gasteiger partial charge < -0.3 is 5.32 Å². The third-order valence-electron chi connectivity index (χ3n) is 3.71. The monoisotopic (exact) mass is 271 g/mol. The normalized spacial score (nSPS) is 15.6. The summed E-state index contributed by atoms with van der Waals surface area (Å²) in [6, 6.07) is 8.95. The van der Waals surface area contributed by atoms with Crippen LogP contribution in [-0.4, -0.2) is 25.7 Å². The summed E-state index contributed by atoms with van der Waals surface area (Å²) < 4.78 is 1.98. The van der Waals surface area contributed by atoms with Gasteiger partial charge in [-0.25, -0.2) is 4.68 Å². The summed E-state index contributed by atoms with van der Waals surface area (Å²) in [7, 11) is 0. The van der Waals surface area contributed by atoms with Gasteiger partial charge in [0.15, 0.2) is 5.82 Å². The fourth-order valence-corrected chi connectivity index (χ4v) is 2.67. The average molecular weight is 271 g/mol. The van der Waals surface area contributed by atoms with E-state index in [9.17, 15) is 0 Å². The van der Waals surface area contributed by atoms with E-state index in [0.717, 1.165) is 18.7 Å². The van der Waals surface area contributed by atoms with Crippen molar-refractivity contribution in [3.05, 3.63) is 41.2 Å². The Kier molecular flexibility index (Phi) is 3.30. The fraction of sp³-hybridized carbons (Fsp3) is 0.533. The molecule has 0 bridgehead atoms. The van der Waals surface area contributed by atoms with Crippen molar-refractivity contribution in [2.24, 2.45) is 0 Å². The summed E-state index contributed by atoms with van der Waals surface area (Å²) in [5.74, 6) is 0.915. The maximum Gasteiger partial charge on any atom is 0.165 e. The number of tetrazole rings is 1. The summed E-state index contributed by atoms with van der Waals surface area (Å²) in [6.45, 7) is 7.13. The summed E-state index contributed by atoms with van der Waals surface area (Å²) in [4.78, 5) is 0. The second kappa shape index (κ2) is 4.98. The van der Waals surface area contributed by atoms with Gasteiger partial charge in [-0.2, -0.15) is 0 Å². The van der Waals surface area contributed by atoms with E-state index >= 15 is 0 Å². The molecule has 0 saturated carbocycles. The van der Waals surface area contributed by atoms with Crippen LogP contribution in [0.2, 0.25) is 0 Å². The summed E-state index contributed by atoms with van der Waals surface area (Å²) >= 11 is 0. The highest BCUT2D eigenvalue weighted by Crippen LogP contribution is 2.29. The van der Waals surface area contributed by atoms with Gasteiger partial charge in [0.2, 0.25) is 0 Å². The average Bonchev–Trinajstić information content (AvgIpc) is 3.01. The van der Waals surface area contributed by atoms with Gasteiger partial charge >= 0.3 is 0 Å². The first-order chi connectivity index (χ1) is 9.53. The van der Waals surface area contributed by atoms with Crippen LogP contribution < -0.4 is 5.32 Å². The lowest BCUT2D eigenvalue weighted by atomic mass is 10.1. The molecule has 1 aliphatic rings.